The van der Waals surface area contributed by atoms with Gasteiger partial charge in [-0.25, -0.2) is 4.79 Å². The normalized spacial score (nSPS) is 27.0. The zero-order valence-electron chi connectivity index (χ0n) is 14.1. The van der Waals surface area contributed by atoms with Gasteiger partial charge in [0, 0.05) is 32.1 Å². The lowest BCUT2D eigenvalue weighted by atomic mass is 9.83. The number of amides is 2. The van der Waals surface area contributed by atoms with Gasteiger partial charge in [-0.2, -0.15) is 0 Å². The number of likely N-dealkylation sites (N-methyl/N-ethyl adjacent to an activating group) is 1. The first-order valence-corrected chi connectivity index (χ1v) is 8.53. The van der Waals surface area contributed by atoms with E-state index in [-0.39, 0.29) is 12.1 Å². The van der Waals surface area contributed by atoms with Crippen molar-refractivity contribution in [3.8, 4) is 0 Å². The molecule has 0 spiro atoms. The van der Waals surface area contributed by atoms with E-state index >= 15 is 0 Å². The van der Waals surface area contributed by atoms with E-state index in [4.69, 9.17) is 5.41 Å². The summed E-state index contributed by atoms with van der Waals surface area (Å²) >= 11 is 0. The van der Waals surface area contributed by atoms with Crippen molar-refractivity contribution in [3.63, 3.8) is 0 Å². The molecule has 0 saturated carbocycles. The van der Waals surface area contributed by atoms with Gasteiger partial charge in [-0.05, 0) is 44.0 Å². The lowest BCUT2D eigenvalue weighted by molar-refractivity contribution is 0.0312. The summed E-state index contributed by atoms with van der Waals surface area (Å²) in [7, 11) is 1.86. The molecule has 2 unspecified atom stereocenters. The predicted molar refractivity (Wildman–Crippen MR) is 96.4 cm³/mol. The quantitative estimate of drug-likeness (QED) is 0.813. The first-order chi connectivity index (χ1) is 11.7. The molecule has 128 valence electrons. The summed E-state index contributed by atoms with van der Waals surface area (Å²) in [6, 6.07) is 9.15. The lowest BCUT2D eigenvalue weighted by Gasteiger charge is -2.48. The van der Waals surface area contributed by atoms with Crippen LogP contribution in [0.1, 0.15) is 12.8 Å². The Labute approximate surface area is 143 Å². The Morgan fingerprint density at radius 1 is 1.38 bits per heavy atom. The first kappa shape index (κ1) is 16.6. The number of nitrogens with zero attached hydrogens (tertiary/aromatic N) is 3. The number of hydrogen-bond acceptors (Lipinski definition) is 4. The number of para-hydroxylation sites is 1. The van der Waals surface area contributed by atoms with Gasteiger partial charge in [-0.3, -0.25) is 4.99 Å². The molecule has 3 fully saturated rings. The molecule has 6 heteroatoms. The summed E-state index contributed by atoms with van der Waals surface area (Å²) in [5.74, 6) is 0.599. The molecule has 3 aliphatic rings. The van der Waals surface area contributed by atoms with Crippen LogP contribution in [-0.2, 0) is 0 Å². The van der Waals surface area contributed by atoms with Crippen LogP contribution in [0.25, 0.3) is 0 Å². The minimum absolute atomic E-state index is 0.137. The van der Waals surface area contributed by atoms with E-state index in [1.807, 2.05) is 42.3 Å². The maximum Gasteiger partial charge on any atom is 0.318 e. The molecular formula is C18H25N5O. The number of aliphatic imine (C=N–C) groups is 1. The van der Waals surface area contributed by atoms with E-state index in [1.54, 1.807) is 6.21 Å². The maximum absolute atomic E-state index is 12.5. The van der Waals surface area contributed by atoms with E-state index < -0.39 is 6.04 Å². The van der Waals surface area contributed by atoms with Crippen LogP contribution in [0.3, 0.4) is 0 Å². The first-order valence-electron chi connectivity index (χ1n) is 8.53. The molecule has 0 radical (unpaired) electrons. The predicted octanol–water partition coefficient (Wildman–Crippen LogP) is 2.14. The Balaban J connectivity index is 1.58. The Morgan fingerprint density at radius 3 is 2.67 bits per heavy atom. The van der Waals surface area contributed by atoms with Crippen molar-refractivity contribution in [2.24, 2.45) is 10.9 Å². The largest absolute Gasteiger partial charge is 0.325 e. The molecule has 3 heterocycles. The molecule has 2 amide bonds. The number of carbonyl (C=O) groups is 1. The van der Waals surface area contributed by atoms with Crippen LogP contribution in [0.4, 0.5) is 10.5 Å². The third-order valence-electron chi connectivity index (χ3n) is 5.05. The van der Waals surface area contributed by atoms with Crippen LogP contribution in [0.5, 0.6) is 0 Å². The number of fused-ring (bicyclic) bond motifs is 3. The summed E-state index contributed by atoms with van der Waals surface area (Å²) in [6.07, 6.45) is 5.15. The highest BCUT2D eigenvalue weighted by atomic mass is 16.2. The molecule has 4 rings (SSSR count). The van der Waals surface area contributed by atoms with Crippen LogP contribution >= 0.6 is 0 Å². The topological polar surface area (TPSA) is 71.8 Å². The lowest BCUT2D eigenvalue weighted by Crippen LogP contribution is -2.59. The van der Waals surface area contributed by atoms with Crippen LogP contribution in [0.2, 0.25) is 0 Å². The monoisotopic (exact) mass is 327 g/mol. The van der Waals surface area contributed by atoms with Crippen molar-refractivity contribution in [3.05, 3.63) is 30.3 Å². The summed E-state index contributed by atoms with van der Waals surface area (Å²) in [4.78, 5) is 21.1. The Bertz CT molecular complexity index is 595. The van der Waals surface area contributed by atoms with Gasteiger partial charge in [0.2, 0.25) is 0 Å². The summed E-state index contributed by atoms with van der Waals surface area (Å²) < 4.78 is 0. The molecule has 2 bridgehead atoms. The van der Waals surface area contributed by atoms with Gasteiger partial charge in [-0.1, -0.05) is 18.2 Å². The van der Waals surface area contributed by atoms with Crippen molar-refractivity contribution in [1.82, 2.24) is 15.1 Å². The van der Waals surface area contributed by atoms with Gasteiger partial charge in [0.15, 0.2) is 0 Å². The Kier molecular flexibility index (Phi) is 5.25. The van der Waals surface area contributed by atoms with Crippen molar-refractivity contribution in [2.75, 3.05) is 26.7 Å². The van der Waals surface area contributed by atoms with Crippen LogP contribution in [0, 0.1) is 11.3 Å². The number of piperidine rings is 3. The second-order valence-corrected chi connectivity index (χ2v) is 6.57. The fourth-order valence-electron chi connectivity index (χ4n) is 3.57. The molecule has 24 heavy (non-hydrogen) atoms. The molecule has 1 aromatic carbocycles. The molecule has 6 nitrogen and oxygen atoms in total. The van der Waals surface area contributed by atoms with Crippen LogP contribution in [-0.4, -0.2) is 67.0 Å². The SMILES string of the molecule is CN(C(=O)NC(C=N)C=Nc1ccccc1)C1CN2CCC1CC2. The van der Waals surface area contributed by atoms with Gasteiger partial charge < -0.3 is 20.5 Å². The third kappa shape index (κ3) is 3.82. The fraction of sp³-hybridized carbons (Fsp3) is 0.500. The zero-order chi connectivity index (χ0) is 16.9. The molecule has 2 atom stereocenters. The van der Waals surface area contributed by atoms with Gasteiger partial charge in [-0.15, -0.1) is 0 Å². The van der Waals surface area contributed by atoms with Gasteiger partial charge in [0.1, 0.15) is 6.04 Å². The highest BCUT2D eigenvalue weighted by Crippen LogP contribution is 2.30. The second-order valence-electron chi connectivity index (χ2n) is 6.57. The molecule has 3 aliphatic heterocycles. The molecule has 0 aliphatic carbocycles. The summed E-state index contributed by atoms with van der Waals surface area (Å²) in [5, 5.41) is 10.4. The van der Waals surface area contributed by atoms with Crippen molar-refractivity contribution in [2.45, 2.75) is 24.9 Å². The number of benzene rings is 1. The van der Waals surface area contributed by atoms with E-state index in [9.17, 15) is 4.79 Å². The van der Waals surface area contributed by atoms with Crippen molar-refractivity contribution in [1.29, 1.82) is 5.41 Å². The second kappa shape index (κ2) is 7.57. The van der Waals surface area contributed by atoms with Crippen LogP contribution < -0.4 is 5.32 Å². The smallest absolute Gasteiger partial charge is 0.318 e. The highest BCUT2D eigenvalue weighted by Gasteiger charge is 2.37. The minimum Gasteiger partial charge on any atom is -0.325 e. The average molecular weight is 327 g/mol. The molecule has 2 N–H and O–H groups in total. The van der Waals surface area contributed by atoms with E-state index in [0.717, 1.165) is 25.3 Å². The minimum atomic E-state index is -0.499. The Hall–Kier alpha value is -2.21. The summed E-state index contributed by atoms with van der Waals surface area (Å²) in [5.41, 5.74) is 0.810. The fourth-order valence-corrected chi connectivity index (χ4v) is 3.57. The van der Waals surface area contributed by atoms with Gasteiger partial charge >= 0.3 is 6.03 Å². The highest BCUT2D eigenvalue weighted by molar-refractivity contribution is 5.92. The third-order valence-corrected chi connectivity index (χ3v) is 5.05. The zero-order valence-corrected chi connectivity index (χ0v) is 14.1. The van der Waals surface area contributed by atoms with Gasteiger partial charge in [0.05, 0.1) is 5.69 Å². The van der Waals surface area contributed by atoms with Crippen LogP contribution in [0.15, 0.2) is 35.3 Å². The molecular weight excluding hydrogens is 302 g/mol. The molecule has 3 saturated heterocycles. The van der Waals surface area contributed by atoms with Crippen molar-refractivity contribution >= 4 is 24.1 Å². The standard InChI is InChI=1S/C18H25N5O/c1-22(17-13-23-9-7-14(17)8-10-23)18(24)21-16(11-19)12-20-15-5-3-2-4-6-15/h2-6,11-12,14,16-17,19H,7-10,13H2,1H3,(H,21,24). The van der Waals surface area contributed by atoms with E-state index in [1.165, 1.54) is 19.1 Å². The average Bonchev–Trinajstić information content (AvgIpc) is 2.66. The number of rotatable bonds is 5. The van der Waals surface area contributed by atoms with Gasteiger partial charge in [0.25, 0.3) is 0 Å². The number of carbonyl (C=O) groups excluding carboxylic acids is 1. The molecule has 0 aromatic heterocycles. The van der Waals surface area contributed by atoms with Crippen molar-refractivity contribution < 1.29 is 4.79 Å². The Morgan fingerprint density at radius 2 is 2.08 bits per heavy atom. The maximum atomic E-state index is 12.5. The number of nitrogens with one attached hydrogen (secondary N) is 2. The van der Waals surface area contributed by atoms with E-state index in [0.29, 0.717) is 5.92 Å². The molecule has 1 aromatic rings. The number of hydrogen-bond donors (Lipinski definition) is 2. The number of urea groups is 1. The van der Waals surface area contributed by atoms with E-state index in [2.05, 4.69) is 15.2 Å². The summed E-state index contributed by atoms with van der Waals surface area (Å²) in [6.45, 7) is 3.27.